The van der Waals surface area contributed by atoms with Crippen LogP contribution in [-0.2, 0) is 4.79 Å². The highest BCUT2D eigenvalue weighted by Gasteiger charge is 1.95. The Balaban J connectivity index is 3.34. The summed E-state index contributed by atoms with van der Waals surface area (Å²) in [5.74, 6) is 0. The van der Waals surface area contributed by atoms with E-state index in [-0.39, 0.29) is 0 Å². The molecule has 0 heterocycles. The normalized spacial score (nSPS) is 9.50. The number of likely N-dealkylation sites (N-methyl/N-ethyl adjacent to an activating group) is 1. The maximum Gasteiger partial charge on any atom is 0.234 e. The molecule has 10 heavy (non-hydrogen) atoms. The van der Waals surface area contributed by atoms with Gasteiger partial charge in [0.05, 0.1) is 6.54 Å². The lowest BCUT2D eigenvalue weighted by Gasteiger charge is -2.15. The van der Waals surface area contributed by atoms with Gasteiger partial charge in [-0.3, -0.25) is 0 Å². The zero-order valence-electron chi connectivity index (χ0n) is 6.63. The van der Waals surface area contributed by atoms with Gasteiger partial charge in [0.1, 0.15) is 0 Å². The van der Waals surface area contributed by atoms with E-state index < -0.39 is 0 Å². The summed E-state index contributed by atoms with van der Waals surface area (Å²) < 4.78 is 0. The van der Waals surface area contributed by atoms with E-state index in [2.05, 4.69) is 23.7 Å². The van der Waals surface area contributed by atoms with Crippen molar-refractivity contribution in [3.8, 4) is 0 Å². The van der Waals surface area contributed by atoms with Crippen LogP contribution in [-0.4, -0.2) is 37.2 Å². The summed E-state index contributed by atoms with van der Waals surface area (Å²) in [5, 5.41) is 0. The Morgan fingerprint density at radius 3 is 2.40 bits per heavy atom. The molecule has 0 aromatic rings. The highest BCUT2D eigenvalue weighted by molar-refractivity contribution is 5.32. The van der Waals surface area contributed by atoms with E-state index in [1.54, 1.807) is 0 Å². The minimum Gasteiger partial charge on any atom is -0.302 e. The average Bonchev–Trinajstić information content (AvgIpc) is 1.99. The van der Waals surface area contributed by atoms with Crippen LogP contribution >= 0.6 is 0 Å². The Hall–Kier alpha value is -0.660. The van der Waals surface area contributed by atoms with Gasteiger partial charge in [-0.25, -0.2) is 9.79 Å². The van der Waals surface area contributed by atoms with Crippen LogP contribution in [0.1, 0.15) is 13.8 Å². The molecule has 0 N–H and O–H groups in total. The molecule has 0 unspecified atom stereocenters. The van der Waals surface area contributed by atoms with Crippen molar-refractivity contribution in [2.75, 3.05) is 26.2 Å². The molecule has 3 heteroatoms. The molecule has 0 amide bonds. The van der Waals surface area contributed by atoms with Crippen molar-refractivity contribution in [2.24, 2.45) is 4.99 Å². The Labute approximate surface area is 61.7 Å². The number of rotatable bonds is 5. The van der Waals surface area contributed by atoms with Crippen LogP contribution in [0.5, 0.6) is 0 Å². The standard InChI is InChI=1S/C7H14N2O/c1-3-9(4-2)6-5-8-7-10/h3-6H2,1-2H3. The highest BCUT2D eigenvalue weighted by atomic mass is 16.1. The molecular weight excluding hydrogens is 128 g/mol. The number of carbonyl (C=O) groups excluding carboxylic acids is 1. The van der Waals surface area contributed by atoms with Crippen molar-refractivity contribution in [3.63, 3.8) is 0 Å². The van der Waals surface area contributed by atoms with E-state index in [1.165, 1.54) is 6.08 Å². The Morgan fingerprint density at radius 2 is 2.00 bits per heavy atom. The molecule has 0 saturated heterocycles. The van der Waals surface area contributed by atoms with Gasteiger partial charge in [0.25, 0.3) is 0 Å². The number of isocyanates is 1. The number of hydrogen-bond donors (Lipinski definition) is 0. The van der Waals surface area contributed by atoms with E-state index >= 15 is 0 Å². The molecule has 0 atom stereocenters. The molecule has 0 fully saturated rings. The van der Waals surface area contributed by atoms with Gasteiger partial charge >= 0.3 is 0 Å². The third kappa shape index (κ3) is 4.24. The summed E-state index contributed by atoms with van der Waals surface area (Å²) in [6.07, 6.45) is 1.52. The first-order valence-electron chi connectivity index (χ1n) is 3.61. The van der Waals surface area contributed by atoms with E-state index in [9.17, 15) is 4.79 Å². The second kappa shape index (κ2) is 6.46. The summed E-state index contributed by atoms with van der Waals surface area (Å²) in [4.78, 5) is 15.3. The number of hydrogen-bond acceptors (Lipinski definition) is 3. The Bertz CT molecular complexity index is 115. The second-order valence-electron chi connectivity index (χ2n) is 2.00. The summed E-state index contributed by atoms with van der Waals surface area (Å²) in [5.41, 5.74) is 0. The van der Waals surface area contributed by atoms with Crippen LogP contribution in [0.25, 0.3) is 0 Å². The smallest absolute Gasteiger partial charge is 0.234 e. The summed E-state index contributed by atoms with van der Waals surface area (Å²) in [7, 11) is 0. The molecule has 0 aliphatic carbocycles. The van der Waals surface area contributed by atoms with Gasteiger partial charge in [0, 0.05) is 6.54 Å². The number of aliphatic imine (C=N–C) groups is 1. The Morgan fingerprint density at radius 1 is 1.40 bits per heavy atom. The van der Waals surface area contributed by atoms with Gasteiger partial charge in [-0.2, -0.15) is 0 Å². The monoisotopic (exact) mass is 142 g/mol. The van der Waals surface area contributed by atoms with E-state index in [4.69, 9.17) is 0 Å². The van der Waals surface area contributed by atoms with Crippen LogP contribution < -0.4 is 0 Å². The first kappa shape index (κ1) is 9.34. The summed E-state index contributed by atoms with van der Waals surface area (Å²) >= 11 is 0. The molecule has 0 aromatic heterocycles. The third-order valence-electron chi connectivity index (χ3n) is 1.49. The molecule has 0 aliphatic rings. The second-order valence-corrected chi connectivity index (χ2v) is 2.00. The van der Waals surface area contributed by atoms with Gasteiger partial charge in [-0.1, -0.05) is 13.8 Å². The first-order chi connectivity index (χ1) is 4.85. The minimum atomic E-state index is 0.575. The van der Waals surface area contributed by atoms with Crippen LogP contribution in [0.2, 0.25) is 0 Å². The van der Waals surface area contributed by atoms with Crippen molar-refractivity contribution in [1.82, 2.24) is 4.90 Å². The quantitative estimate of drug-likeness (QED) is 0.417. The predicted molar refractivity (Wildman–Crippen MR) is 40.8 cm³/mol. The van der Waals surface area contributed by atoms with Crippen LogP contribution in [0, 0.1) is 0 Å². The van der Waals surface area contributed by atoms with Crippen molar-refractivity contribution in [3.05, 3.63) is 0 Å². The fourth-order valence-corrected chi connectivity index (χ4v) is 0.777. The zero-order chi connectivity index (χ0) is 7.82. The van der Waals surface area contributed by atoms with Gasteiger partial charge in [-0.05, 0) is 13.1 Å². The predicted octanol–water partition coefficient (Wildman–Crippen LogP) is 0.664. The topological polar surface area (TPSA) is 32.7 Å². The lowest BCUT2D eigenvalue weighted by Crippen LogP contribution is -2.25. The van der Waals surface area contributed by atoms with E-state index in [0.29, 0.717) is 6.54 Å². The van der Waals surface area contributed by atoms with Gasteiger partial charge < -0.3 is 4.90 Å². The molecule has 0 aromatic carbocycles. The van der Waals surface area contributed by atoms with Crippen LogP contribution in [0.3, 0.4) is 0 Å². The van der Waals surface area contributed by atoms with Crippen molar-refractivity contribution in [1.29, 1.82) is 0 Å². The van der Waals surface area contributed by atoms with Crippen LogP contribution in [0.15, 0.2) is 4.99 Å². The maximum absolute atomic E-state index is 9.65. The molecule has 3 nitrogen and oxygen atoms in total. The van der Waals surface area contributed by atoms with Gasteiger partial charge in [-0.15, -0.1) is 0 Å². The van der Waals surface area contributed by atoms with Crippen molar-refractivity contribution < 1.29 is 4.79 Å². The molecule has 0 spiro atoms. The molecule has 0 rings (SSSR count). The summed E-state index contributed by atoms with van der Waals surface area (Å²) in [6, 6.07) is 0. The van der Waals surface area contributed by atoms with Crippen LogP contribution in [0.4, 0.5) is 0 Å². The highest BCUT2D eigenvalue weighted by Crippen LogP contribution is 1.84. The fraction of sp³-hybridized carbons (Fsp3) is 0.857. The molecule has 0 saturated carbocycles. The van der Waals surface area contributed by atoms with Gasteiger partial charge in [0.15, 0.2) is 0 Å². The van der Waals surface area contributed by atoms with Gasteiger partial charge in [0.2, 0.25) is 6.08 Å². The molecule has 0 radical (unpaired) electrons. The minimum absolute atomic E-state index is 0.575. The lowest BCUT2D eigenvalue weighted by atomic mass is 10.5. The SMILES string of the molecule is CCN(CC)CCN=C=O. The third-order valence-corrected chi connectivity index (χ3v) is 1.49. The average molecular weight is 142 g/mol. The first-order valence-corrected chi connectivity index (χ1v) is 3.61. The Kier molecular flexibility index (Phi) is 6.03. The number of nitrogens with zero attached hydrogens (tertiary/aromatic N) is 2. The largest absolute Gasteiger partial charge is 0.302 e. The van der Waals surface area contributed by atoms with E-state index in [0.717, 1.165) is 19.6 Å². The molecule has 58 valence electrons. The lowest BCUT2D eigenvalue weighted by molar-refractivity contribution is 0.313. The molecule has 0 bridgehead atoms. The van der Waals surface area contributed by atoms with Crippen molar-refractivity contribution >= 4 is 6.08 Å². The molecular formula is C7H14N2O. The molecule has 0 aliphatic heterocycles. The fourth-order valence-electron chi connectivity index (χ4n) is 0.777. The van der Waals surface area contributed by atoms with E-state index in [1.807, 2.05) is 0 Å². The summed E-state index contributed by atoms with van der Waals surface area (Å²) in [6.45, 7) is 7.66. The zero-order valence-corrected chi connectivity index (χ0v) is 6.63. The van der Waals surface area contributed by atoms with Crippen molar-refractivity contribution in [2.45, 2.75) is 13.8 Å². The maximum atomic E-state index is 9.65.